The predicted octanol–water partition coefficient (Wildman–Crippen LogP) is 3.59. The molecule has 0 radical (unpaired) electrons. The molecule has 0 atom stereocenters. The molecule has 7 heteroatoms. The second-order valence-corrected chi connectivity index (χ2v) is 7.27. The Labute approximate surface area is 185 Å². The van der Waals surface area contributed by atoms with Gasteiger partial charge in [-0.05, 0) is 50.1 Å². The number of carbonyl (C=O) groups is 1. The SMILES string of the molecule is COc1ccccc1N1CCN(CCCCCOc2ccccc2C(N)=O)CC1.Cl. The van der Waals surface area contributed by atoms with Gasteiger partial charge in [0.2, 0.25) is 0 Å². The number of primary amides is 1. The number of halogens is 1. The Bertz CT molecular complexity index is 795. The van der Waals surface area contributed by atoms with Crippen LogP contribution in [0, 0.1) is 0 Å². The molecule has 1 amide bonds. The fraction of sp³-hybridized carbons (Fsp3) is 0.435. The van der Waals surface area contributed by atoms with E-state index in [9.17, 15) is 4.79 Å². The van der Waals surface area contributed by atoms with E-state index in [1.165, 1.54) is 5.69 Å². The quantitative estimate of drug-likeness (QED) is 0.580. The van der Waals surface area contributed by atoms with Crippen LogP contribution in [-0.2, 0) is 0 Å². The summed E-state index contributed by atoms with van der Waals surface area (Å²) < 4.78 is 11.2. The number of piperazine rings is 1. The zero-order valence-corrected chi connectivity index (χ0v) is 18.4. The normalized spacial score (nSPS) is 14.1. The van der Waals surface area contributed by atoms with Gasteiger partial charge < -0.3 is 20.1 Å². The molecule has 1 aliphatic heterocycles. The van der Waals surface area contributed by atoms with Crippen LogP contribution in [0.3, 0.4) is 0 Å². The van der Waals surface area contributed by atoms with Crippen LogP contribution in [0.1, 0.15) is 29.6 Å². The van der Waals surface area contributed by atoms with Crippen LogP contribution in [0.15, 0.2) is 48.5 Å². The van der Waals surface area contributed by atoms with E-state index < -0.39 is 5.91 Å². The summed E-state index contributed by atoms with van der Waals surface area (Å²) in [6.45, 7) is 5.89. The molecule has 6 nitrogen and oxygen atoms in total. The summed E-state index contributed by atoms with van der Waals surface area (Å²) in [6.07, 6.45) is 3.22. The van der Waals surface area contributed by atoms with Crippen molar-refractivity contribution < 1.29 is 14.3 Å². The zero-order valence-electron chi connectivity index (χ0n) is 17.6. The topological polar surface area (TPSA) is 68.0 Å². The third-order valence-electron chi connectivity index (χ3n) is 5.33. The second-order valence-electron chi connectivity index (χ2n) is 7.27. The Balaban J connectivity index is 0.00000320. The van der Waals surface area contributed by atoms with Crippen molar-refractivity contribution in [2.24, 2.45) is 5.73 Å². The smallest absolute Gasteiger partial charge is 0.252 e. The van der Waals surface area contributed by atoms with Gasteiger partial charge in [0.15, 0.2) is 0 Å². The lowest BCUT2D eigenvalue weighted by atomic mass is 10.2. The van der Waals surface area contributed by atoms with Crippen molar-refractivity contribution in [2.75, 3.05) is 51.3 Å². The first-order valence-electron chi connectivity index (χ1n) is 10.3. The van der Waals surface area contributed by atoms with Crippen molar-refractivity contribution in [2.45, 2.75) is 19.3 Å². The van der Waals surface area contributed by atoms with Crippen LogP contribution >= 0.6 is 12.4 Å². The van der Waals surface area contributed by atoms with Crippen molar-refractivity contribution >= 4 is 24.0 Å². The fourth-order valence-corrected chi connectivity index (χ4v) is 3.70. The van der Waals surface area contributed by atoms with Crippen molar-refractivity contribution in [1.82, 2.24) is 4.90 Å². The summed E-state index contributed by atoms with van der Waals surface area (Å²) in [7, 11) is 1.73. The van der Waals surface area contributed by atoms with Gasteiger partial charge in [-0.3, -0.25) is 9.69 Å². The van der Waals surface area contributed by atoms with E-state index in [1.807, 2.05) is 18.2 Å². The monoisotopic (exact) mass is 433 g/mol. The minimum atomic E-state index is -0.451. The molecule has 3 rings (SSSR count). The molecule has 0 unspecified atom stereocenters. The maximum Gasteiger partial charge on any atom is 0.252 e. The van der Waals surface area contributed by atoms with Gasteiger partial charge in [-0.25, -0.2) is 0 Å². The number of unbranched alkanes of at least 4 members (excludes halogenated alkanes) is 2. The van der Waals surface area contributed by atoms with Gasteiger partial charge in [0.05, 0.1) is 25.0 Å². The molecule has 0 saturated carbocycles. The zero-order chi connectivity index (χ0) is 20.5. The van der Waals surface area contributed by atoms with E-state index in [0.29, 0.717) is 17.9 Å². The number of ether oxygens (including phenoxy) is 2. The first kappa shape index (κ1) is 23.8. The lowest BCUT2D eigenvalue weighted by Gasteiger charge is -2.36. The van der Waals surface area contributed by atoms with E-state index in [0.717, 1.165) is 57.7 Å². The summed E-state index contributed by atoms with van der Waals surface area (Å²) >= 11 is 0. The van der Waals surface area contributed by atoms with E-state index in [4.69, 9.17) is 15.2 Å². The molecule has 2 aromatic carbocycles. The van der Waals surface area contributed by atoms with Gasteiger partial charge in [0.1, 0.15) is 11.5 Å². The molecule has 1 saturated heterocycles. The third kappa shape index (κ3) is 6.54. The predicted molar refractivity (Wildman–Crippen MR) is 123 cm³/mol. The van der Waals surface area contributed by atoms with Crippen molar-refractivity contribution in [3.05, 3.63) is 54.1 Å². The minimum absolute atomic E-state index is 0. The van der Waals surface area contributed by atoms with Crippen LogP contribution < -0.4 is 20.1 Å². The summed E-state index contributed by atoms with van der Waals surface area (Å²) in [5.74, 6) is 1.07. The summed E-state index contributed by atoms with van der Waals surface area (Å²) in [6, 6.07) is 15.4. The highest BCUT2D eigenvalue weighted by atomic mass is 35.5. The molecule has 2 aromatic rings. The average molecular weight is 434 g/mol. The first-order chi connectivity index (χ1) is 14.2. The standard InChI is InChI=1S/C23H31N3O3.ClH/c1-28-22-12-6-4-10-20(22)26-16-14-25(15-17-26)13-7-2-8-18-29-21-11-5-3-9-19(21)23(24)27;/h3-6,9-12H,2,7-8,13-18H2,1H3,(H2,24,27);1H. The van der Waals surface area contributed by atoms with Crippen LogP contribution in [0.4, 0.5) is 5.69 Å². The van der Waals surface area contributed by atoms with Gasteiger partial charge >= 0.3 is 0 Å². The summed E-state index contributed by atoms with van der Waals surface area (Å²) in [5.41, 5.74) is 7.01. The molecule has 1 fully saturated rings. The highest BCUT2D eigenvalue weighted by Crippen LogP contribution is 2.28. The molecule has 1 aliphatic rings. The number of nitrogens with zero attached hydrogens (tertiary/aromatic N) is 2. The highest BCUT2D eigenvalue weighted by Gasteiger charge is 2.19. The van der Waals surface area contributed by atoms with E-state index in [-0.39, 0.29) is 12.4 Å². The Hall–Kier alpha value is -2.44. The van der Waals surface area contributed by atoms with Gasteiger partial charge in [0.25, 0.3) is 5.91 Å². The molecule has 2 N–H and O–H groups in total. The van der Waals surface area contributed by atoms with E-state index in [2.05, 4.69) is 21.9 Å². The largest absolute Gasteiger partial charge is 0.495 e. The van der Waals surface area contributed by atoms with Gasteiger partial charge in [-0.2, -0.15) is 0 Å². The lowest BCUT2D eigenvalue weighted by molar-refractivity contribution is 0.0996. The Morgan fingerprint density at radius 2 is 1.60 bits per heavy atom. The van der Waals surface area contributed by atoms with Gasteiger partial charge in [-0.15, -0.1) is 12.4 Å². The lowest BCUT2D eigenvalue weighted by Crippen LogP contribution is -2.46. The van der Waals surface area contributed by atoms with Crippen LogP contribution in [0.2, 0.25) is 0 Å². The maximum absolute atomic E-state index is 11.4. The number of rotatable bonds is 10. The molecule has 164 valence electrons. The number of benzene rings is 2. The summed E-state index contributed by atoms with van der Waals surface area (Å²) in [4.78, 5) is 16.3. The van der Waals surface area contributed by atoms with Crippen LogP contribution in [0.5, 0.6) is 11.5 Å². The first-order valence-corrected chi connectivity index (χ1v) is 10.3. The molecule has 0 aromatic heterocycles. The highest BCUT2D eigenvalue weighted by molar-refractivity contribution is 5.95. The molecule has 1 heterocycles. The Kier molecular flexibility index (Phi) is 9.77. The Morgan fingerprint density at radius 1 is 0.933 bits per heavy atom. The molecule has 0 aliphatic carbocycles. The van der Waals surface area contributed by atoms with Crippen molar-refractivity contribution in [1.29, 1.82) is 0 Å². The number of anilines is 1. The van der Waals surface area contributed by atoms with Crippen LogP contribution in [-0.4, -0.2) is 57.2 Å². The number of hydrogen-bond donors (Lipinski definition) is 1. The fourth-order valence-electron chi connectivity index (χ4n) is 3.70. The number of hydrogen-bond acceptors (Lipinski definition) is 5. The van der Waals surface area contributed by atoms with Crippen LogP contribution in [0.25, 0.3) is 0 Å². The molecular formula is C23H32ClN3O3. The molecular weight excluding hydrogens is 402 g/mol. The van der Waals surface area contributed by atoms with E-state index in [1.54, 1.807) is 25.3 Å². The number of nitrogens with two attached hydrogens (primary N) is 1. The van der Waals surface area contributed by atoms with Gasteiger partial charge in [0, 0.05) is 26.2 Å². The molecule has 30 heavy (non-hydrogen) atoms. The third-order valence-corrected chi connectivity index (χ3v) is 5.33. The van der Waals surface area contributed by atoms with E-state index >= 15 is 0 Å². The van der Waals surface area contributed by atoms with Gasteiger partial charge in [-0.1, -0.05) is 24.3 Å². The Morgan fingerprint density at radius 3 is 2.30 bits per heavy atom. The molecule has 0 bridgehead atoms. The summed E-state index contributed by atoms with van der Waals surface area (Å²) in [5, 5.41) is 0. The molecule has 0 spiro atoms. The number of methoxy groups -OCH3 is 1. The number of carbonyl (C=O) groups excluding carboxylic acids is 1. The van der Waals surface area contributed by atoms with Crippen molar-refractivity contribution in [3.8, 4) is 11.5 Å². The maximum atomic E-state index is 11.4. The average Bonchev–Trinajstić information content (AvgIpc) is 2.76. The van der Waals surface area contributed by atoms with Crippen molar-refractivity contribution in [3.63, 3.8) is 0 Å². The second kappa shape index (κ2) is 12.3. The minimum Gasteiger partial charge on any atom is -0.495 e. The number of amides is 1. The number of para-hydroxylation sites is 3.